The first-order valence-corrected chi connectivity index (χ1v) is 5.63. The van der Waals surface area contributed by atoms with Gasteiger partial charge >= 0.3 is 0 Å². The predicted molar refractivity (Wildman–Crippen MR) is 60.0 cm³/mol. The van der Waals surface area contributed by atoms with E-state index in [1.54, 1.807) is 6.20 Å². The monoisotopic (exact) mass is 220 g/mol. The third-order valence-electron chi connectivity index (χ3n) is 2.71. The summed E-state index contributed by atoms with van der Waals surface area (Å²) in [5.74, 6) is -0.146. The number of likely N-dealkylation sites (tertiary alicyclic amines) is 1. The average Bonchev–Trinajstić information content (AvgIpc) is 2.83. The quantitative estimate of drug-likeness (QED) is 0.793. The summed E-state index contributed by atoms with van der Waals surface area (Å²) in [7, 11) is 0. The summed E-state index contributed by atoms with van der Waals surface area (Å²) in [5, 5.41) is 2.84. The second kappa shape index (κ2) is 5.55. The Morgan fingerprint density at radius 1 is 1.38 bits per heavy atom. The van der Waals surface area contributed by atoms with Crippen molar-refractivity contribution in [3.8, 4) is 0 Å². The van der Waals surface area contributed by atoms with Crippen molar-refractivity contribution in [1.29, 1.82) is 0 Å². The molecule has 1 aromatic heterocycles. The fourth-order valence-electron chi connectivity index (χ4n) is 1.84. The van der Waals surface area contributed by atoms with E-state index in [1.165, 1.54) is 25.2 Å². The molecule has 0 atom stereocenters. The van der Waals surface area contributed by atoms with Gasteiger partial charge in [-0.25, -0.2) is 4.98 Å². The van der Waals surface area contributed by atoms with E-state index in [1.807, 2.05) is 0 Å². The molecule has 1 fully saturated rings. The summed E-state index contributed by atoms with van der Waals surface area (Å²) in [6.07, 6.45) is 7.11. The van der Waals surface area contributed by atoms with E-state index >= 15 is 0 Å². The van der Waals surface area contributed by atoms with Crippen molar-refractivity contribution in [2.45, 2.75) is 12.8 Å². The van der Waals surface area contributed by atoms with Gasteiger partial charge in [0.25, 0.3) is 5.91 Å². The largest absolute Gasteiger partial charge is 0.349 e. The second-order valence-electron chi connectivity index (χ2n) is 3.90. The van der Waals surface area contributed by atoms with E-state index in [9.17, 15) is 4.79 Å². The lowest BCUT2D eigenvalue weighted by Gasteiger charge is -2.14. The van der Waals surface area contributed by atoms with Gasteiger partial charge in [-0.1, -0.05) is 0 Å². The van der Waals surface area contributed by atoms with Crippen LogP contribution in [0.4, 0.5) is 0 Å². The van der Waals surface area contributed by atoms with Crippen molar-refractivity contribution >= 4 is 5.91 Å². The Morgan fingerprint density at radius 3 is 2.88 bits per heavy atom. The highest BCUT2D eigenvalue weighted by molar-refractivity contribution is 5.91. The zero-order valence-electron chi connectivity index (χ0n) is 9.22. The topological polar surface area (TPSA) is 58.1 Å². The van der Waals surface area contributed by atoms with Crippen molar-refractivity contribution in [1.82, 2.24) is 20.2 Å². The summed E-state index contributed by atoms with van der Waals surface area (Å²) in [4.78, 5) is 21.7. The van der Waals surface area contributed by atoms with Gasteiger partial charge in [0.15, 0.2) is 0 Å². The standard InChI is InChI=1S/C11H16N4O/c16-11(10-9-12-3-4-13-10)14-5-8-15-6-1-2-7-15/h3-4,9H,1-2,5-8H2,(H,14,16). The fourth-order valence-corrected chi connectivity index (χ4v) is 1.84. The molecule has 0 unspecified atom stereocenters. The number of nitrogens with zero attached hydrogens (tertiary/aromatic N) is 3. The fraction of sp³-hybridized carbons (Fsp3) is 0.545. The molecule has 1 aliphatic rings. The lowest BCUT2D eigenvalue weighted by atomic mass is 10.4. The summed E-state index contributed by atoms with van der Waals surface area (Å²) in [6, 6.07) is 0. The van der Waals surface area contributed by atoms with E-state index in [4.69, 9.17) is 0 Å². The first-order valence-electron chi connectivity index (χ1n) is 5.63. The van der Waals surface area contributed by atoms with E-state index in [2.05, 4.69) is 20.2 Å². The SMILES string of the molecule is O=C(NCCN1CCCC1)c1cnccn1. The number of hydrogen-bond donors (Lipinski definition) is 1. The third kappa shape index (κ3) is 3.00. The number of rotatable bonds is 4. The Morgan fingerprint density at radius 2 is 2.19 bits per heavy atom. The maximum Gasteiger partial charge on any atom is 0.271 e. The van der Waals surface area contributed by atoms with Gasteiger partial charge in [-0.05, 0) is 25.9 Å². The van der Waals surface area contributed by atoms with Crippen LogP contribution < -0.4 is 5.32 Å². The molecule has 1 amide bonds. The molecule has 1 aromatic rings. The van der Waals surface area contributed by atoms with Crippen LogP contribution >= 0.6 is 0 Å². The first kappa shape index (κ1) is 11.0. The highest BCUT2D eigenvalue weighted by atomic mass is 16.1. The minimum Gasteiger partial charge on any atom is -0.349 e. The van der Waals surface area contributed by atoms with Crippen LogP contribution in [0, 0.1) is 0 Å². The van der Waals surface area contributed by atoms with E-state index in [0.717, 1.165) is 19.6 Å². The van der Waals surface area contributed by atoms with Crippen LogP contribution in [0.25, 0.3) is 0 Å². The summed E-state index contributed by atoms with van der Waals surface area (Å²) in [5.41, 5.74) is 0.379. The smallest absolute Gasteiger partial charge is 0.271 e. The zero-order valence-corrected chi connectivity index (χ0v) is 9.22. The minimum absolute atomic E-state index is 0.146. The van der Waals surface area contributed by atoms with Crippen LogP contribution in [0.1, 0.15) is 23.3 Å². The molecule has 0 aromatic carbocycles. The molecule has 2 rings (SSSR count). The second-order valence-corrected chi connectivity index (χ2v) is 3.90. The number of carbonyl (C=O) groups excluding carboxylic acids is 1. The van der Waals surface area contributed by atoms with Gasteiger partial charge in [0.05, 0.1) is 6.20 Å². The van der Waals surface area contributed by atoms with Gasteiger partial charge in [-0.15, -0.1) is 0 Å². The molecule has 0 saturated carbocycles. The predicted octanol–water partition coefficient (Wildman–Crippen LogP) is 0.302. The Bertz CT molecular complexity index is 335. The summed E-state index contributed by atoms with van der Waals surface area (Å²) >= 11 is 0. The molecule has 0 aliphatic carbocycles. The molecule has 1 N–H and O–H groups in total. The van der Waals surface area contributed by atoms with Gasteiger partial charge < -0.3 is 10.2 Å². The molecule has 5 nitrogen and oxygen atoms in total. The van der Waals surface area contributed by atoms with Crippen molar-refractivity contribution < 1.29 is 4.79 Å². The van der Waals surface area contributed by atoms with Gasteiger partial charge in [-0.2, -0.15) is 0 Å². The van der Waals surface area contributed by atoms with Gasteiger partial charge in [0.2, 0.25) is 0 Å². The molecule has 5 heteroatoms. The number of carbonyl (C=O) groups is 1. The molecule has 16 heavy (non-hydrogen) atoms. The van der Waals surface area contributed by atoms with Crippen LogP contribution in [-0.4, -0.2) is 47.0 Å². The van der Waals surface area contributed by atoms with Crippen LogP contribution in [0.3, 0.4) is 0 Å². The van der Waals surface area contributed by atoms with E-state index < -0.39 is 0 Å². The van der Waals surface area contributed by atoms with Gasteiger partial charge in [0.1, 0.15) is 5.69 Å². The average molecular weight is 220 g/mol. The molecule has 0 bridgehead atoms. The van der Waals surface area contributed by atoms with Crippen LogP contribution in [0.15, 0.2) is 18.6 Å². The van der Waals surface area contributed by atoms with Crippen molar-refractivity contribution in [3.05, 3.63) is 24.3 Å². The Hall–Kier alpha value is -1.49. The van der Waals surface area contributed by atoms with E-state index in [-0.39, 0.29) is 5.91 Å². The number of hydrogen-bond acceptors (Lipinski definition) is 4. The lowest BCUT2D eigenvalue weighted by molar-refractivity contribution is 0.0944. The van der Waals surface area contributed by atoms with Crippen LogP contribution in [0.2, 0.25) is 0 Å². The Labute approximate surface area is 94.9 Å². The number of nitrogens with one attached hydrogen (secondary N) is 1. The first-order chi connectivity index (χ1) is 7.86. The molecule has 0 radical (unpaired) electrons. The molecule has 86 valence electrons. The molecule has 2 heterocycles. The van der Waals surface area contributed by atoms with Crippen molar-refractivity contribution in [2.75, 3.05) is 26.2 Å². The molecule has 1 aliphatic heterocycles. The Kier molecular flexibility index (Phi) is 3.82. The zero-order chi connectivity index (χ0) is 11.2. The minimum atomic E-state index is -0.146. The highest BCUT2D eigenvalue weighted by Crippen LogP contribution is 2.05. The summed E-state index contributed by atoms with van der Waals surface area (Å²) in [6.45, 7) is 3.91. The van der Waals surface area contributed by atoms with Crippen molar-refractivity contribution in [3.63, 3.8) is 0 Å². The van der Waals surface area contributed by atoms with Crippen molar-refractivity contribution in [2.24, 2.45) is 0 Å². The maximum absolute atomic E-state index is 11.6. The molecule has 1 saturated heterocycles. The van der Waals surface area contributed by atoms with E-state index in [0.29, 0.717) is 12.2 Å². The number of amides is 1. The maximum atomic E-state index is 11.6. The third-order valence-corrected chi connectivity index (χ3v) is 2.71. The normalized spacial score (nSPS) is 16.2. The number of aromatic nitrogens is 2. The highest BCUT2D eigenvalue weighted by Gasteiger charge is 2.11. The van der Waals surface area contributed by atoms with Gasteiger partial charge in [-0.3, -0.25) is 9.78 Å². The van der Waals surface area contributed by atoms with Crippen LogP contribution in [-0.2, 0) is 0 Å². The Balaban J connectivity index is 1.71. The molecular formula is C11H16N4O. The van der Waals surface area contributed by atoms with Gasteiger partial charge in [0, 0.05) is 25.5 Å². The lowest BCUT2D eigenvalue weighted by Crippen LogP contribution is -2.33. The molecule has 0 spiro atoms. The molecular weight excluding hydrogens is 204 g/mol. The van der Waals surface area contributed by atoms with Crippen LogP contribution in [0.5, 0.6) is 0 Å². The summed E-state index contributed by atoms with van der Waals surface area (Å²) < 4.78 is 0.